The number of benzene rings is 4. The third kappa shape index (κ3) is 4.84. The first-order valence-corrected chi connectivity index (χ1v) is 12.1. The molecule has 0 spiro atoms. The van der Waals surface area contributed by atoms with Crippen LogP contribution in [0, 0.1) is 13.8 Å². The zero-order chi connectivity index (χ0) is 21.6. The summed E-state index contributed by atoms with van der Waals surface area (Å²) >= 11 is 0. The lowest BCUT2D eigenvalue weighted by molar-refractivity contribution is 0.825. The lowest BCUT2D eigenvalue weighted by Crippen LogP contribution is -2.26. The second kappa shape index (κ2) is 9.86. The molecule has 4 rings (SSSR count). The minimum Gasteiger partial charge on any atom is -0.285 e. The quantitative estimate of drug-likeness (QED) is 0.258. The Balaban J connectivity index is 1.81. The molecule has 1 atom stereocenters. The molecule has 4 aromatic carbocycles. The first-order chi connectivity index (χ1) is 15.1. The van der Waals surface area contributed by atoms with E-state index >= 15 is 0 Å². The van der Waals surface area contributed by atoms with Crippen molar-refractivity contribution in [3.8, 4) is 0 Å². The molecule has 0 heterocycles. The molecule has 0 saturated heterocycles. The van der Waals surface area contributed by atoms with Crippen molar-refractivity contribution < 1.29 is 0 Å². The summed E-state index contributed by atoms with van der Waals surface area (Å²) in [5.74, 6) is 0. The summed E-state index contributed by atoms with van der Waals surface area (Å²) in [4.78, 5) is 4.93. The van der Waals surface area contributed by atoms with Gasteiger partial charge in [-0.3, -0.25) is 4.99 Å². The SMILES string of the molecule is Cc1ccccc1P(c1ccccc1C)c1ccccc1C=N[C@H](C)c1ccccc1. The maximum Gasteiger partial charge on any atom is 0.0721 e. The molecule has 0 fully saturated rings. The van der Waals surface area contributed by atoms with Gasteiger partial charge in [0.15, 0.2) is 0 Å². The van der Waals surface area contributed by atoms with Gasteiger partial charge in [-0.25, -0.2) is 0 Å². The topological polar surface area (TPSA) is 12.4 Å². The third-order valence-corrected chi connectivity index (χ3v) is 8.47. The Kier molecular flexibility index (Phi) is 6.75. The van der Waals surface area contributed by atoms with Crippen LogP contribution in [0.3, 0.4) is 0 Å². The van der Waals surface area contributed by atoms with Crippen LogP contribution in [0.25, 0.3) is 0 Å². The van der Waals surface area contributed by atoms with E-state index < -0.39 is 7.92 Å². The van der Waals surface area contributed by atoms with Crippen molar-refractivity contribution in [2.24, 2.45) is 4.99 Å². The van der Waals surface area contributed by atoms with Crippen LogP contribution in [0.15, 0.2) is 108 Å². The first-order valence-electron chi connectivity index (χ1n) is 10.7. The van der Waals surface area contributed by atoms with Gasteiger partial charge in [0.25, 0.3) is 0 Å². The van der Waals surface area contributed by atoms with Crippen molar-refractivity contribution in [1.82, 2.24) is 0 Å². The Labute approximate surface area is 187 Å². The largest absolute Gasteiger partial charge is 0.285 e. The van der Waals surface area contributed by atoms with Crippen molar-refractivity contribution in [1.29, 1.82) is 0 Å². The maximum atomic E-state index is 4.93. The van der Waals surface area contributed by atoms with Gasteiger partial charge >= 0.3 is 0 Å². The minimum absolute atomic E-state index is 0.123. The molecular weight excluding hydrogens is 393 g/mol. The third-order valence-electron chi connectivity index (χ3n) is 5.61. The number of hydrogen-bond acceptors (Lipinski definition) is 1. The molecule has 0 aliphatic heterocycles. The molecule has 0 amide bonds. The predicted octanol–water partition coefficient (Wildman–Crippen LogP) is 6.24. The van der Waals surface area contributed by atoms with E-state index in [9.17, 15) is 0 Å². The number of aliphatic imine (C=N–C) groups is 1. The molecular formula is C29H28NP. The van der Waals surface area contributed by atoms with Crippen LogP contribution >= 0.6 is 7.92 Å². The standard InChI is InChI=1S/C29H28NP/c1-22-13-7-10-18-27(22)31(28-19-11-8-14-23(28)2)29-20-12-9-17-26(29)21-30-24(3)25-15-5-4-6-16-25/h4-21,24H,1-3H3/t24-/m1/s1. The first kappa shape index (κ1) is 21.2. The Morgan fingerprint density at radius 2 is 1.10 bits per heavy atom. The summed E-state index contributed by atoms with van der Waals surface area (Å²) in [5, 5.41) is 4.16. The molecule has 2 heteroatoms. The second-order valence-electron chi connectivity index (χ2n) is 7.83. The number of hydrogen-bond donors (Lipinski definition) is 0. The van der Waals surface area contributed by atoms with E-state index in [0.717, 1.165) is 0 Å². The smallest absolute Gasteiger partial charge is 0.0721 e. The maximum absolute atomic E-state index is 4.93. The van der Waals surface area contributed by atoms with Crippen LogP contribution in [-0.2, 0) is 0 Å². The Hall–Kier alpha value is -3.02. The Morgan fingerprint density at radius 3 is 1.68 bits per heavy atom. The van der Waals surface area contributed by atoms with E-state index in [4.69, 9.17) is 4.99 Å². The summed E-state index contributed by atoms with van der Waals surface area (Å²) in [7, 11) is -0.685. The fraction of sp³-hybridized carbons (Fsp3) is 0.138. The number of nitrogens with zero attached hydrogens (tertiary/aromatic N) is 1. The van der Waals surface area contributed by atoms with Crippen molar-refractivity contribution >= 4 is 30.0 Å². The highest BCUT2D eigenvalue weighted by Crippen LogP contribution is 2.36. The van der Waals surface area contributed by atoms with E-state index in [-0.39, 0.29) is 6.04 Å². The molecule has 1 nitrogen and oxygen atoms in total. The lowest BCUT2D eigenvalue weighted by Gasteiger charge is -2.24. The van der Waals surface area contributed by atoms with E-state index in [1.165, 1.54) is 38.2 Å². The molecule has 0 N–H and O–H groups in total. The second-order valence-corrected chi connectivity index (χ2v) is 9.95. The molecule has 0 aromatic heterocycles. The molecule has 0 saturated carbocycles. The van der Waals surface area contributed by atoms with E-state index in [2.05, 4.69) is 124 Å². The molecule has 0 aliphatic carbocycles. The van der Waals surface area contributed by atoms with Crippen LogP contribution in [0.4, 0.5) is 0 Å². The van der Waals surface area contributed by atoms with Gasteiger partial charge in [-0.1, -0.05) is 103 Å². The molecule has 31 heavy (non-hydrogen) atoms. The van der Waals surface area contributed by atoms with Crippen molar-refractivity contribution in [2.45, 2.75) is 26.8 Å². The highest BCUT2D eigenvalue weighted by molar-refractivity contribution is 7.80. The number of rotatable bonds is 6. The average molecular weight is 422 g/mol. The van der Waals surface area contributed by atoms with Gasteiger partial charge in [-0.05, 0) is 61.3 Å². The molecule has 0 unspecified atom stereocenters. The van der Waals surface area contributed by atoms with E-state index in [1.54, 1.807) is 0 Å². The average Bonchev–Trinajstić information content (AvgIpc) is 2.81. The summed E-state index contributed by atoms with van der Waals surface area (Å²) in [5.41, 5.74) is 5.10. The minimum atomic E-state index is -0.685. The zero-order valence-corrected chi connectivity index (χ0v) is 19.3. The van der Waals surface area contributed by atoms with Gasteiger partial charge in [0.1, 0.15) is 0 Å². The highest BCUT2D eigenvalue weighted by atomic mass is 31.1. The van der Waals surface area contributed by atoms with Crippen molar-refractivity contribution in [2.75, 3.05) is 0 Å². The van der Waals surface area contributed by atoms with Crippen LogP contribution < -0.4 is 15.9 Å². The van der Waals surface area contributed by atoms with Crippen molar-refractivity contribution in [3.05, 3.63) is 125 Å². The van der Waals surface area contributed by atoms with Crippen molar-refractivity contribution in [3.63, 3.8) is 0 Å². The van der Waals surface area contributed by atoms with Gasteiger partial charge in [0.05, 0.1) is 6.04 Å². The summed E-state index contributed by atoms with van der Waals surface area (Å²) in [6.45, 7) is 6.59. The van der Waals surface area contributed by atoms with Crippen LogP contribution in [0.2, 0.25) is 0 Å². The Morgan fingerprint density at radius 1 is 0.613 bits per heavy atom. The van der Waals surface area contributed by atoms with E-state index in [0.29, 0.717) is 0 Å². The normalized spacial score (nSPS) is 12.4. The fourth-order valence-corrected chi connectivity index (χ4v) is 6.56. The zero-order valence-electron chi connectivity index (χ0n) is 18.4. The lowest BCUT2D eigenvalue weighted by atomic mass is 10.1. The van der Waals surface area contributed by atoms with Gasteiger partial charge < -0.3 is 0 Å². The van der Waals surface area contributed by atoms with Crippen LogP contribution in [0.5, 0.6) is 0 Å². The van der Waals surface area contributed by atoms with Gasteiger partial charge in [0.2, 0.25) is 0 Å². The van der Waals surface area contributed by atoms with Crippen LogP contribution in [-0.4, -0.2) is 6.21 Å². The van der Waals surface area contributed by atoms with Gasteiger partial charge in [-0.15, -0.1) is 0 Å². The summed E-state index contributed by atoms with van der Waals surface area (Å²) in [6, 6.07) is 36.9. The molecule has 4 aromatic rings. The van der Waals surface area contributed by atoms with Gasteiger partial charge in [0, 0.05) is 11.8 Å². The van der Waals surface area contributed by atoms with Crippen LogP contribution in [0.1, 0.15) is 35.2 Å². The molecule has 0 aliphatic rings. The highest BCUT2D eigenvalue weighted by Gasteiger charge is 2.21. The molecule has 154 valence electrons. The molecule has 0 bridgehead atoms. The fourth-order valence-electron chi connectivity index (χ4n) is 3.83. The van der Waals surface area contributed by atoms with E-state index in [1.807, 2.05) is 6.07 Å². The number of aryl methyl sites for hydroxylation is 2. The summed E-state index contributed by atoms with van der Waals surface area (Å²) < 4.78 is 0. The monoisotopic (exact) mass is 421 g/mol. The summed E-state index contributed by atoms with van der Waals surface area (Å²) in [6.07, 6.45) is 2.07. The molecule has 0 radical (unpaired) electrons. The predicted molar refractivity (Wildman–Crippen MR) is 137 cm³/mol. The van der Waals surface area contributed by atoms with Gasteiger partial charge in [-0.2, -0.15) is 0 Å². The Bertz CT molecular complexity index is 1130.